The second-order valence-electron chi connectivity index (χ2n) is 2.23. The van der Waals surface area contributed by atoms with Gasteiger partial charge < -0.3 is 0 Å². The summed E-state index contributed by atoms with van der Waals surface area (Å²) in [5, 5.41) is 4.15. The first-order valence-corrected chi connectivity index (χ1v) is 3.44. The van der Waals surface area contributed by atoms with Crippen LogP contribution in [0.1, 0.15) is 18.2 Å². The van der Waals surface area contributed by atoms with Gasteiger partial charge in [-0.05, 0) is 25.5 Å². The average Bonchev–Trinajstić information content (AvgIpc) is 2.30. The van der Waals surface area contributed by atoms with Gasteiger partial charge >= 0.3 is 0 Å². The SMILES string of the molecule is C=Cc1c(C)cnn1CC. The number of rotatable bonds is 2. The van der Waals surface area contributed by atoms with Crippen molar-refractivity contribution in [3.8, 4) is 0 Å². The fourth-order valence-electron chi connectivity index (χ4n) is 1.01. The van der Waals surface area contributed by atoms with Crippen molar-refractivity contribution < 1.29 is 0 Å². The lowest BCUT2D eigenvalue weighted by molar-refractivity contribution is 0.653. The van der Waals surface area contributed by atoms with Gasteiger partial charge in [0.2, 0.25) is 0 Å². The Labute approximate surface area is 61.2 Å². The van der Waals surface area contributed by atoms with E-state index in [-0.39, 0.29) is 0 Å². The quantitative estimate of drug-likeness (QED) is 0.606. The summed E-state index contributed by atoms with van der Waals surface area (Å²) < 4.78 is 1.93. The van der Waals surface area contributed by atoms with Crippen molar-refractivity contribution in [3.05, 3.63) is 24.0 Å². The first kappa shape index (κ1) is 7.06. The lowest BCUT2D eigenvalue weighted by Gasteiger charge is -1.98. The van der Waals surface area contributed by atoms with Crippen LogP contribution >= 0.6 is 0 Å². The van der Waals surface area contributed by atoms with E-state index in [4.69, 9.17) is 0 Å². The van der Waals surface area contributed by atoms with Crippen molar-refractivity contribution in [1.29, 1.82) is 0 Å². The molecule has 54 valence electrons. The molecule has 0 atom stereocenters. The summed E-state index contributed by atoms with van der Waals surface area (Å²) in [6.07, 6.45) is 3.70. The Bertz CT molecular complexity index is 235. The van der Waals surface area contributed by atoms with Crippen molar-refractivity contribution in [2.24, 2.45) is 0 Å². The van der Waals surface area contributed by atoms with Gasteiger partial charge in [0.25, 0.3) is 0 Å². The Morgan fingerprint density at radius 1 is 1.80 bits per heavy atom. The lowest BCUT2D eigenvalue weighted by Crippen LogP contribution is -1.98. The number of nitrogens with zero attached hydrogens (tertiary/aromatic N) is 2. The molecule has 0 aliphatic carbocycles. The fraction of sp³-hybridized carbons (Fsp3) is 0.375. The molecule has 0 aliphatic rings. The summed E-state index contributed by atoms with van der Waals surface area (Å²) in [6.45, 7) is 8.73. The minimum Gasteiger partial charge on any atom is -0.266 e. The molecule has 0 N–H and O–H groups in total. The predicted octanol–water partition coefficient (Wildman–Crippen LogP) is 1.85. The fourth-order valence-corrected chi connectivity index (χ4v) is 1.01. The van der Waals surface area contributed by atoms with E-state index in [1.54, 1.807) is 0 Å². The van der Waals surface area contributed by atoms with Crippen LogP contribution in [0.5, 0.6) is 0 Å². The van der Waals surface area contributed by atoms with Crippen LogP contribution in [0.15, 0.2) is 12.8 Å². The smallest absolute Gasteiger partial charge is 0.0633 e. The molecule has 0 fully saturated rings. The summed E-state index contributed by atoms with van der Waals surface area (Å²) in [7, 11) is 0. The van der Waals surface area contributed by atoms with E-state index < -0.39 is 0 Å². The van der Waals surface area contributed by atoms with E-state index in [9.17, 15) is 0 Å². The zero-order chi connectivity index (χ0) is 7.56. The van der Waals surface area contributed by atoms with Crippen LogP contribution in [-0.4, -0.2) is 9.78 Å². The third-order valence-corrected chi connectivity index (χ3v) is 1.57. The van der Waals surface area contributed by atoms with Gasteiger partial charge in [0, 0.05) is 6.54 Å². The third kappa shape index (κ3) is 0.967. The van der Waals surface area contributed by atoms with Crippen LogP contribution in [0, 0.1) is 6.92 Å². The van der Waals surface area contributed by atoms with Crippen molar-refractivity contribution >= 4 is 6.08 Å². The number of aryl methyl sites for hydroxylation is 2. The molecule has 1 aromatic heterocycles. The van der Waals surface area contributed by atoms with E-state index in [0.29, 0.717) is 0 Å². The highest BCUT2D eigenvalue weighted by molar-refractivity contribution is 5.46. The molecule has 2 heteroatoms. The molecule has 10 heavy (non-hydrogen) atoms. The first-order chi connectivity index (χ1) is 4.79. The molecule has 0 saturated carbocycles. The van der Waals surface area contributed by atoms with Crippen LogP contribution in [0.4, 0.5) is 0 Å². The third-order valence-electron chi connectivity index (χ3n) is 1.57. The normalized spacial score (nSPS) is 9.80. The average molecular weight is 136 g/mol. The van der Waals surface area contributed by atoms with Crippen LogP contribution in [-0.2, 0) is 6.54 Å². The summed E-state index contributed by atoms with van der Waals surface area (Å²) in [5.41, 5.74) is 2.32. The second kappa shape index (κ2) is 2.69. The van der Waals surface area contributed by atoms with Crippen LogP contribution in [0.2, 0.25) is 0 Å². The van der Waals surface area contributed by atoms with Crippen LogP contribution < -0.4 is 0 Å². The van der Waals surface area contributed by atoms with E-state index in [1.807, 2.05) is 23.9 Å². The summed E-state index contributed by atoms with van der Waals surface area (Å²) >= 11 is 0. The molecule has 0 bridgehead atoms. The highest BCUT2D eigenvalue weighted by Crippen LogP contribution is 2.07. The van der Waals surface area contributed by atoms with Gasteiger partial charge in [-0.1, -0.05) is 6.58 Å². The second-order valence-corrected chi connectivity index (χ2v) is 2.23. The maximum absolute atomic E-state index is 4.15. The summed E-state index contributed by atoms with van der Waals surface area (Å²) in [4.78, 5) is 0. The minimum absolute atomic E-state index is 0.912. The van der Waals surface area contributed by atoms with Crippen molar-refractivity contribution in [3.63, 3.8) is 0 Å². The first-order valence-electron chi connectivity index (χ1n) is 3.44. The van der Waals surface area contributed by atoms with Gasteiger partial charge in [-0.15, -0.1) is 0 Å². The molecule has 0 spiro atoms. The Kier molecular flexibility index (Phi) is 1.90. The standard InChI is InChI=1S/C8H12N2/c1-4-8-7(3)6-9-10(8)5-2/h4,6H,1,5H2,2-3H3. The molecule has 0 aromatic carbocycles. The van der Waals surface area contributed by atoms with Gasteiger partial charge in [0.05, 0.1) is 11.9 Å². The Hall–Kier alpha value is -1.05. The molecular weight excluding hydrogens is 124 g/mol. The minimum atomic E-state index is 0.912. The maximum atomic E-state index is 4.15. The summed E-state index contributed by atoms with van der Waals surface area (Å²) in [5.74, 6) is 0. The highest BCUT2D eigenvalue weighted by Gasteiger charge is 1.99. The molecule has 0 radical (unpaired) electrons. The largest absolute Gasteiger partial charge is 0.266 e. The van der Waals surface area contributed by atoms with E-state index in [2.05, 4.69) is 18.6 Å². The predicted molar refractivity (Wildman–Crippen MR) is 42.7 cm³/mol. The lowest BCUT2D eigenvalue weighted by atomic mass is 10.3. The zero-order valence-corrected chi connectivity index (χ0v) is 6.46. The molecule has 2 nitrogen and oxygen atoms in total. The van der Waals surface area contributed by atoms with E-state index in [1.165, 1.54) is 5.56 Å². The number of aromatic nitrogens is 2. The topological polar surface area (TPSA) is 17.8 Å². The molecule has 0 aliphatic heterocycles. The molecule has 1 aromatic rings. The van der Waals surface area contributed by atoms with E-state index in [0.717, 1.165) is 12.2 Å². The number of hydrogen-bond acceptors (Lipinski definition) is 1. The van der Waals surface area contributed by atoms with Crippen LogP contribution in [0.25, 0.3) is 6.08 Å². The highest BCUT2D eigenvalue weighted by atomic mass is 15.3. The Balaban J connectivity index is 3.12. The summed E-state index contributed by atoms with van der Waals surface area (Å²) in [6, 6.07) is 0. The number of hydrogen-bond donors (Lipinski definition) is 0. The van der Waals surface area contributed by atoms with Gasteiger partial charge in [0.15, 0.2) is 0 Å². The molecule has 0 saturated heterocycles. The molecule has 0 amide bonds. The van der Waals surface area contributed by atoms with Gasteiger partial charge in [-0.3, -0.25) is 4.68 Å². The Morgan fingerprint density at radius 2 is 2.50 bits per heavy atom. The van der Waals surface area contributed by atoms with Gasteiger partial charge in [0.1, 0.15) is 0 Å². The maximum Gasteiger partial charge on any atom is 0.0633 e. The molecule has 1 rings (SSSR count). The monoisotopic (exact) mass is 136 g/mol. The van der Waals surface area contributed by atoms with Crippen LogP contribution in [0.3, 0.4) is 0 Å². The molecular formula is C8H12N2. The van der Waals surface area contributed by atoms with Crippen molar-refractivity contribution in [2.75, 3.05) is 0 Å². The van der Waals surface area contributed by atoms with E-state index >= 15 is 0 Å². The molecule has 0 unspecified atom stereocenters. The van der Waals surface area contributed by atoms with Crippen molar-refractivity contribution in [2.45, 2.75) is 20.4 Å². The van der Waals surface area contributed by atoms with Crippen molar-refractivity contribution in [1.82, 2.24) is 9.78 Å². The zero-order valence-electron chi connectivity index (χ0n) is 6.46. The molecule has 1 heterocycles. The van der Waals surface area contributed by atoms with Gasteiger partial charge in [-0.2, -0.15) is 5.10 Å². The Morgan fingerprint density at radius 3 is 2.90 bits per heavy atom. The van der Waals surface area contributed by atoms with Gasteiger partial charge in [-0.25, -0.2) is 0 Å².